The molecule has 0 saturated carbocycles. The van der Waals surface area contributed by atoms with Crippen LogP contribution in [0.5, 0.6) is 0 Å². The standard InChI is InChI=1S/C9H17ClN2O3S/c1-7(5-10)6-16(14,15)12-8-3-2-4-11-9(8)13/h7-8,12H,2-6H2,1H3,(H,11,13). The molecule has 7 heteroatoms. The lowest BCUT2D eigenvalue weighted by Crippen LogP contribution is -2.51. The molecule has 1 aliphatic rings. The van der Waals surface area contributed by atoms with E-state index in [0.29, 0.717) is 13.0 Å². The highest BCUT2D eigenvalue weighted by Gasteiger charge is 2.27. The Balaban J connectivity index is 2.54. The van der Waals surface area contributed by atoms with Crippen molar-refractivity contribution in [1.29, 1.82) is 0 Å². The summed E-state index contributed by atoms with van der Waals surface area (Å²) in [6, 6.07) is -0.624. The van der Waals surface area contributed by atoms with E-state index in [4.69, 9.17) is 11.6 Å². The van der Waals surface area contributed by atoms with Crippen LogP contribution in [0.2, 0.25) is 0 Å². The Morgan fingerprint density at radius 1 is 1.62 bits per heavy atom. The number of alkyl halides is 1. The molecule has 0 aromatic rings. The van der Waals surface area contributed by atoms with Gasteiger partial charge in [0.25, 0.3) is 0 Å². The van der Waals surface area contributed by atoms with Gasteiger partial charge in [-0.15, -0.1) is 11.6 Å². The molecule has 0 aromatic heterocycles. The first kappa shape index (κ1) is 13.7. The van der Waals surface area contributed by atoms with Crippen molar-refractivity contribution in [3.63, 3.8) is 0 Å². The molecule has 2 atom stereocenters. The summed E-state index contributed by atoms with van der Waals surface area (Å²) in [4.78, 5) is 11.4. The normalized spacial score (nSPS) is 23.9. The largest absolute Gasteiger partial charge is 0.355 e. The zero-order chi connectivity index (χ0) is 12.2. The molecule has 16 heavy (non-hydrogen) atoms. The van der Waals surface area contributed by atoms with E-state index < -0.39 is 16.1 Å². The van der Waals surface area contributed by atoms with Gasteiger partial charge in [-0.3, -0.25) is 4.79 Å². The molecule has 2 unspecified atom stereocenters. The smallest absolute Gasteiger partial charge is 0.238 e. The molecule has 1 fully saturated rings. The quantitative estimate of drug-likeness (QED) is 0.693. The Kier molecular flexibility index (Phi) is 5.01. The monoisotopic (exact) mass is 268 g/mol. The minimum absolute atomic E-state index is 0.0414. The lowest BCUT2D eigenvalue weighted by molar-refractivity contribution is -0.124. The second kappa shape index (κ2) is 5.84. The number of hydrogen-bond donors (Lipinski definition) is 2. The van der Waals surface area contributed by atoms with Gasteiger partial charge in [0, 0.05) is 12.4 Å². The summed E-state index contributed by atoms with van der Waals surface area (Å²) < 4.78 is 25.7. The SMILES string of the molecule is CC(CCl)CS(=O)(=O)NC1CCCNC1=O. The van der Waals surface area contributed by atoms with E-state index in [1.54, 1.807) is 6.92 Å². The van der Waals surface area contributed by atoms with E-state index in [9.17, 15) is 13.2 Å². The van der Waals surface area contributed by atoms with Crippen LogP contribution in [0, 0.1) is 5.92 Å². The summed E-state index contributed by atoms with van der Waals surface area (Å²) in [6.45, 7) is 2.38. The van der Waals surface area contributed by atoms with Gasteiger partial charge >= 0.3 is 0 Å². The van der Waals surface area contributed by atoms with Crippen molar-refractivity contribution < 1.29 is 13.2 Å². The number of halogens is 1. The van der Waals surface area contributed by atoms with Crippen molar-refractivity contribution in [2.75, 3.05) is 18.2 Å². The van der Waals surface area contributed by atoms with Gasteiger partial charge in [-0.1, -0.05) is 6.92 Å². The molecule has 0 aromatic carbocycles. The zero-order valence-corrected chi connectivity index (χ0v) is 10.8. The van der Waals surface area contributed by atoms with Gasteiger partial charge in [0.1, 0.15) is 6.04 Å². The molecule has 1 aliphatic heterocycles. The molecule has 1 rings (SSSR count). The van der Waals surface area contributed by atoms with E-state index in [1.807, 2.05) is 0 Å². The van der Waals surface area contributed by atoms with E-state index in [2.05, 4.69) is 10.0 Å². The first-order valence-corrected chi connectivity index (χ1v) is 7.47. The van der Waals surface area contributed by atoms with E-state index in [1.165, 1.54) is 0 Å². The van der Waals surface area contributed by atoms with Crippen molar-refractivity contribution in [1.82, 2.24) is 10.0 Å². The van der Waals surface area contributed by atoms with Crippen molar-refractivity contribution in [2.24, 2.45) is 5.92 Å². The van der Waals surface area contributed by atoms with Crippen LogP contribution in [0.15, 0.2) is 0 Å². The number of nitrogens with one attached hydrogen (secondary N) is 2. The molecule has 1 saturated heterocycles. The molecule has 2 N–H and O–H groups in total. The molecule has 0 spiro atoms. The van der Waals surface area contributed by atoms with Crippen LogP contribution in [0.1, 0.15) is 19.8 Å². The number of carbonyl (C=O) groups is 1. The van der Waals surface area contributed by atoms with E-state index in [-0.39, 0.29) is 23.5 Å². The first-order valence-electron chi connectivity index (χ1n) is 5.28. The second-order valence-corrected chi connectivity index (χ2v) is 6.25. The van der Waals surface area contributed by atoms with Crippen LogP contribution in [-0.4, -0.2) is 38.5 Å². The number of rotatable bonds is 5. The van der Waals surface area contributed by atoms with Crippen molar-refractivity contribution in [3.8, 4) is 0 Å². The van der Waals surface area contributed by atoms with Crippen molar-refractivity contribution in [2.45, 2.75) is 25.8 Å². The van der Waals surface area contributed by atoms with Crippen LogP contribution in [0.25, 0.3) is 0 Å². The minimum Gasteiger partial charge on any atom is -0.355 e. The van der Waals surface area contributed by atoms with Gasteiger partial charge in [-0.05, 0) is 18.8 Å². The van der Waals surface area contributed by atoms with Crippen LogP contribution in [0.4, 0.5) is 0 Å². The number of sulfonamides is 1. The van der Waals surface area contributed by atoms with Gasteiger partial charge in [0.15, 0.2) is 0 Å². The highest BCUT2D eigenvalue weighted by Crippen LogP contribution is 2.07. The first-order chi connectivity index (χ1) is 7.44. The fourth-order valence-electron chi connectivity index (χ4n) is 1.57. The Morgan fingerprint density at radius 3 is 2.88 bits per heavy atom. The molecular formula is C9H17ClN2O3S. The van der Waals surface area contributed by atoms with Crippen LogP contribution >= 0.6 is 11.6 Å². The topological polar surface area (TPSA) is 75.3 Å². The Morgan fingerprint density at radius 2 is 2.31 bits per heavy atom. The van der Waals surface area contributed by atoms with Crippen LogP contribution < -0.4 is 10.0 Å². The number of hydrogen-bond acceptors (Lipinski definition) is 3. The predicted molar refractivity (Wildman–Crippen MR) is 62.8 cm³/mol. The van der Waals surface area contributed by atoms with Crippen LogP contribution in [-0.2, 0) is 14.8 Å². The molecule has 94 valence electrons. The maximum Gasteiger partial charge on any atom is 0.238 e. The van der Waals surface area contributed by atoms with E-state index in [0.717, 1.165) is 6.42 Å². The molecule has 5 nitrogen and oxygen atoms in total. The van der Waals surface area contributed by atoms with E-state index >= 15 is 0 Å². The fraction of sp³-hybridized carbons (Fsp3) is 0.889. The average molecular weight is 269 g/mol. The molecule has 0 radical (unpaired) electrons. The third-order valence-electron chi connectivity index (χ3n) is 2.37. The molecular weight excluding hydrogens is 252 g/mol. The molecule has 1 heterocycles. The summed E-state index contributed by atoms with van der Waals surface area (Å²) in [6.07, 6.45) is 1.35. The second-order valence-electron chi connectivity index (χ2n) is 4.14. The summed E-state index contributed by atoms with van der Waals surface area (Å²) in [7, 11) is -3.42. The highest BCUT2D eigenvalue weighted by molar-refractivity contribution is 7.89. The molecule has 1 amide bonds. The summed E-state index contributed by atoms with van der Waals surface area (Å²) in [5.41, 5.74) is 0. The minimum atomic E-state index is -3.42. The Hall–Kier alpha value is -0.330. The predicted octanol–water partition coefficient (Wildman–Crippen LogP) is 0.0593. The lowest BCUT2D eigenvalue weighted by Gasteiger charge is -2.23. The Labute approximate surface area is 101 Å². The van der Waals surface area contributed by atoms with Crippen molar-refractivity contribution >= 4 is 27.5 Å². The van der Waals surface area contributed by atoms with Gasteiger partial charge in [0.2, 0.25) is 15.9 Å². The highest BCUT2D eigenvalue weighted by atomic mass is 35.5. The van der Waals surface area contributed by atoms with Gasteiger partial charge in [-0.25, -0.2) is 13.1 Å². The van der Waals surface area contributed by atoms with Gasteiger partial charge in [0.05, 0.1) is 5.75 Å². The number of amides is 1. The van der Waals surface area contributed by atoms with Crippen molar-refractivity contribution in [3.05, 3.63) is 0 Å². The zero-order valence-electron chi connectivity index (χ0n) is 9.20. The third kappa shape index (κ3) is 4.27. The van der Waals surface area contributed by atoms with Gasteiger partial charge in [-0.2, -0.15) is 0 Å². The Bertz CT molecular complexity index is 345. The average Bonchev–Trinajstić information content (AvgIpc) is 2.20. The maximum atomic E-state index is 11.7. The molecule has 0 bridgehead atoms. The summed E-state index contributed by atoms with van der Waals surface area (Å²) >= 11 is 5.56. The number of piperidine rings is 1. The fourth-order valence-corrected chi connectivity index (χ4v) is 3.43. The summed E-state index contributed by atoms with van der Waals surface area (Å²) in [5, 5.41) is 2.63. The third-order valence-corrected chi connectivity index (χ3v) is 4.55. The summed E-state index contributed by atoms with van der Waals surface area (Å²) in [5.74, 6) is -0.114. The molecule has 0 aliphatic carbocycles. The lowest BCUT2D eigenvalue weighted by atomic mass is 10.1. The maximum absolute atomic E-state index is 11.7. The number of carbonyl (C=O) groups excluding carboxylic acids is 1. The van der Waals surface area contributed by atoms with Crippen LogP contribution in [0.3, 0.4) is 0 Å². The van der Waals surface area contributed by atoms with Gasteiger partial charge < -0.3 is 5.32 Å².